The molecule has 3 aromatic carbocycles. The molecule has 0 heterocycles. The molecule has 1 heteroatoms. The molecule has 1 nitrogen and oxygen atoms in total. The first-order valence-corrected chi connectivity index (χ1v) is 8.76. The molecule has 0 spiro atoms. The van der Waals surface area contributed by atoms with Crippen molar-refractivity contribution in [3.8, 4) is 0 Å². The van der Waals surface area contributed by atoms with Gasteiger partial charge in [-0.2, -0.15) is 0 Å². The van der Waals surface area contributed by atoms with E-state index >= 15 is 0 Å². The van der Waals surface area contributed by atoms with Gasteiger partial charge in [0.2, 0.25) is 0 Å². The number of nitrogens with zero attached hydrogens (tertiary/aromatic N) is 1. The van der Waals surface area contributed by atoms with Gasteiger partial charge < -0.3 is 4.90 Å². The molecule has 0 amide bonds. The van der Waals surface area contributed by atoms with Crippen LogP contribution in [0.25, 0.3) is 0 Å². The van der Waals surface area contributed by atoms with Crippen LogP contribution in [0.5, 0.6) is 0 Å². The van der Waals surface area contributed by atoms with E-state index < -0.39 is 0 Å². The lowest BCUT2D eigenvalue weighted by Gasteiger charge is -2.26. The van der Waals surface area contributed by atoms with Gasteiger partial charge in [-0.1, -0.05) is 50.2 Å². The van der Waals surface area contributed by atoms with Crippen LogP contribution in [0.3, 0.4) is 0 Å². The summed E-state index contributed by atoms with van der Waals surface area (Å²) >= 11 is 0. The topological polar surface area (TPSA) is 3.24 Å². The Labute approximate surface area is 145 Å². The number of hydrogen-bond donors (Lipinski definition) is 0. The summed E-state index contributed by atoms with van der Waals surface area (Å²) in [7, 11) is 0. The number of aryl methyl sites for hydroxylation is 3. The Hall–Kier alpha value is -2.54. The standard InChI is InChI=1S/C23H25N/c1-4-19-10-7-13-22(16-19)24(21-12-6-9-18(3)15-21)23-14-8-11-20(5-2)17-23/h6-17H,4-5H2,1-3H3. The van der Waals surface area contributed by atoms with E-state index in [0.717, 1.165) is 12.8 Å². The fraction of sp³-hybridized carbons (Fsp3) is 0.217. The molecule has 0 bridgehead atoms. The number of anilines is 3. The van der Waals surface area contributed by atoms with E-state index in [2.05, 4.69) is 98.5 Å². The third-order valence-corrected chi connectivity index (χ3v) is 4.41. The molecular weight excluding hydrogens is 290 g/mol. The molecule has 0 saturated heterocycles. The van der Waals surface area contributed by atoms with E-state index in [1.807, 2.05) is 0 Å². The lowest BCUT2D eigenvalue weighted by Crippen LogP contribution is -2.10. The Morgan fingerprint density at radius 2 is 1.08 bits per heavy atom. The van der Waals surface area contributed by atoms with Gasteiger partial charge in [-0.3, -0.25) is 0 Å². The summed E-state index contributed by atoms with van der Waals surface area (Å²) in [4.78, 5) is 2.35. The average molecular weight is 315 g/mol. The highest BCUT2D eigenvalue weighted by atomic mass is 15.1. The largest absolute Gasteiger partial charge is 0.310 e. The molecular formula is C23H25N. The first-order chi connectivity index (χ1) is 11.7. The molecule has 122 valence electrons. The van der Waals surface area contributed by atoms with Gasteiger partial charge in [-0.25, -0.2) is 0 Å². The third kappa shape index (κ3) is 3.51. The molecule has 0 aromatic heterocycles. The molecule has 0 N–H and O–H groups in total. The highest BCUT2D eigenvalue weighted by molar-refractivity contribution is 5.77. The second kappa shape index (κ2) is 7.35. The van der Waals surface area contributed by atoms with Crippen LogP contribution in [0.1, 0.15) is 30.5 Å². The van der Waals surface area contributed by atoms with Crippen LogP contribution in [0, 0.1) is 6.92 Å². The molecule has 0 fully saturated rings. The monoisotopic (exact) mass is 315 g/mol. The molecule has 0 aliphatic rings. The Bertz CT molecular complexity index is 772. The molecule has 3 rings (SSSR count). The predicted octanol–water partition coefficient (Wildman–Crippen LogP) is 6.59. The van der Waals surface area contributed by atoms with E-state index in [9.17, 15) is 0 Å². The van der Waals surface area contributed by atoms with Gasteiger partial charge in [0.1, 0.15) is 0 Å². The van der Waals surface area contributed by atoms with Gasteiger partial charge in [-0.15, -0.1) is 0 Å². The normalized spacial score (nSPS) is 10.6. The van der Waals surface area contributed by atoms with Crippen LogP contribution in [-0.2, 0) is 12.8 Å². The fourth-order valence-corrected chi connectivity index (χ4v) is 3.05. The van der Waals surface area contributed by atoms with Crippen molar-refractivity contribution in [1.29, 1.82) is 0 Å². The quantitative estimate of drug-likeness (QED) is 0.513. The number of rotatable bonds is 5. The second-order valence-corrected chi connectivity index (χ2v) is 6.22. The zero-order chi connectivity index (χ0) is 16.9. The van der Waals surface area contributed by atoms with Crippen LogP contribution in [0.2, 0.25) is 0 Å². The fourth-order valence-electron chi connectivity index (χ4n) is 3.05. The SMILES string of the molecule is CCc1cccc(N(c2cccc(C)c2)c2cccc(CC)c2)c1. The molecule has 0 aliphatic carbocycles. The molecule has 0 unspecified atom stereocenters. The Balaban J connectivity index is 2.16. The summed E-state index contributed by atoms with van der Waals surface area (Å²) in [6, 6.07) is 26.4. The summed E-state index contributed by atoms with van der Waals surface area (Å²) in [5.74, 6) is 0. The van der Waals surface area contributed by atoms with Crippen molar-refractivity contribution in [2.24, 2.45) is 0 Å². The Kier molecular flexibility index (Phi) is 5.00. The second-order valence-electron chi connectivity index (χ2n) is 6.22. The minimum atomic E-state index is 1.05. The number of hydrogen-bond acceptors (Lipinski definition) is 1. The molecule has 3 aromatic rings. The lowest BCUT2D eigenvalue weighted by molar-refractivity contribution is 1.12. The van der Waals surface area contributed by atoms with Gasteiger partial charge in [0.05, 0.1) is 0 Å². The molecule has 0 radical (unpaired) electrons. The zero-order valence-electron chi connectivity index (χ0n) is 14.8. The predicted molar refractivity (Wildman–Crippen MR) is 105 cm³/mol. The van der Waals surface area contributed by atoms with E-state index in [4.69, 9.17) is 0 Å². The van der Waals surface area contributed by atoms with Crippen molar-refractivity contribution in [3.05, 3.63) is 89.5 Å². The van der Waals surface area contributed by atoms with Crippen LogP contribution in [-0.4, -0.2) is 0 Å². The summed E-state index contributed by atoms with van der Waals surface area (Å²) < 4.78 is 0. The minimum absolute atomic E-state index is 1.05. The van der Waals surface area contributed by atoms with Crippen LogP contribution in [0.15, 0.2) is 72.8 Å². The first-order valence-electron chi connectivity index (χ1n) is 8.76. The maximum absolute atomic E-state index is 2.35. The maximum atomic E-state index is 2.35. The minimum Gasteiger partial charge on any atom is -0.310 e. The summed E-state index contributed by atoms with van der Waals surface area (Å²) in [5.41, 5.74) is 7.63. The lowest BCUT2D eigenvalue weighted by atomic mass is 10.1. The van der Waals surface area contributed by atoms with Gasteiger partial charge in [-0.05, 0) is 72.9 Å². The molecule has 0 saturated carbocycles. The summed E-state index contributed by atoms with van der Waals surface area (Å²) in [5, 5.41) is 0. The molecule has 0 aliphatic heterocycles. The Morgan fingerprint density at radius 3 is 1.54 bits per heavy atom. The first kappa shape index (κ1) is 16.3. The van der Waals surface area contributed by atoms with E-state index in [-0.39, 0.29) is 0 Å². The molecule has 24 heavy (non-hydrogen) atoms. The number of benzene rings is 3. The Morgan fingerprint density at radius 1 is 0.625 bits per heavy atom. The highest BCUT2D eigenvalue weighted by Crippen LogP contribution is 2.35. The maximum Gasteiger partial charge on any atom is 0.0464 e. The third-order valence-electron chi connectivity index (χ3n) is 4.41. The van der Waals surface area contributed by atoms with Crippen molar-refractivity contribution < 1.29 is 0 Å². The van der Waals surface area contributed by atoms with E-state index in [0.29, 0.717) is 0 Å². The zero-order valence-corrected chi connectivity index (χ0v) is 14.8. The van der Waals surface area contributed by atoms with Crippen LogP contribution < -0.4 is 4.90 Å². The molecule has 0 atom stereocenters. The van der Waals surface area contributed by atoms with Crippen molar-refractivity contribution in [2.75, 3.05) is 4.90 Å². The van der Waals surface area contributed by atoms with Crippen molar-refractivity contribution in [3.63, 3.8) is 0 Å². The smallest absolute Gasteiger partial charge is 0.0464 e. The van der Waals surface area contributed by atoms with Crippen molar-refractivity contribution >= 4 is 17.1 Å². The summed E-state index contributed by atoms with van der Waals surface area (Å²) in [6.45, 7) is 6.55. The van der Waals surface area contributed by atoms with Gasteiger partial charge in [0.15, 0.2) is 0 Å². The van der Waals surface area contributed by atoms with E-state index in [1.54, 1.807) is 0 Å². The summed E-state index contributed by atoms with van der Waals surface area (Å²) in [6.07, 6.45) is 2.09. The average Bonchev–Trinajstić information content (AvgIpc) is 2.62. The van der Waals surface area contributed by atoms with Crippen molar-refractivity contribution in [1.82, 2.24) is 0 Å². The highest BCUT2D eigenvalue weighted by Gasteiger charge is 2.13. The van der Waals surface area contributed by atoms with Crippen LogP contribution >= 0.6 is 0 Å². The van der Waals surface area contributed by atoms with Gasteiger partial charge >= 0.3 is 0 Å². The van der Waals surface area contributed by atoms with E-state index in [1.165, 1.54) is 33.8 Å². The van der Waals surface area contributed by atoms with Gasteiger partial charge in [0, 0.05) is 17.1 Å². The van der Waals surface area contributed by atoms with Gasteiger partial charge in [0.25, 0.3) is 0 Å². The van der Waals surface area contributed by atoms with Crippen LogP contribution in [0.4, 0.5) is 17.1 Å². The van der Waals surface area contributed by atoms with Crippen molar-refractivity contribution in [2.45, 2.75) is 33.6 Å².